The smallest absolute Gasteiger partial charge is 0.323 e. The van der Waals surface area contributed by atoms with Gasteiger partial charge in [0, 0.05) is 24.2 Å². The van der Waals surface area contributed by atoms with Crippen LogP contribution in [0.25, 0.3) is 0 Å². The average Bonchev–Trinajstić information content (AvgIpc) is 2.64. The summed E-state index contributed by atoms with van der Waals surface area (Å²) < 4.78 is 5.45. The van der Waals surface area contributed by atoms with Gasteiger partial charge in [0.1, 0.15) is 11.8 Å². The van der Waals surface area contributed by atoms with E-state index in [9.17, 15) is 20.0 Å². The molecular weight excluding hydrogens is 360 g/mol. The number of non-ortho nitro benzene ring substituents is 1. The minimum absolute atomic E-state index is 0.0698. The zero-order valence-corrected chi connectivity index (χ0v) is 16.3. The van der Waals surface area contributed by atoms with Crippen LogP contribution in [0.1, 0.15) is 31.9 Å². The number of nitro benzene ring substituents is 1. The molecule has 7 nitrogen and oxygen atoms in total. The summed E-state index contributed by atoms with van der Waals surface area (Å²) in [6.07, 6.45) is 0.402. The Bertz CT molecular complexity index is 815. The molecule has 0 saturated heterocycles. The number of hydrogen-bond donors (Lipinski definition) is 2. The molecule has 0 aliphatic carbocycles. The molecule has 1 atom stereocenters. The van der Waals surface area contributed by atoms with Gasteiger partial charge in [0.05, 0.1) is 11.5 Å². The molecule has 0 amide bonds. The lowest BCUT2D eigenvalue weighted by Gasteiger charge is -2.22. The number of ether oxygens (including phenoxy) is 1. The first-order chi connectivity index (χ1) is 13.2. The number of rotatable bonds is 8. The van der Waals surface area contributed by atoms with E-state index in [1.807, 2.05) is 51.1 Å². The van der Waals surface area contributed by atoms with Crippen molar-refractivity contribution in [3.05, 3.63) is 69.8 Å². The maximum atomic E-state index is 12.6. The normalized spacial score (nSPS) is 12.4. The summed E-state index contributed by atoms with van der Waals surface area (Å²) in [5.41, 5.74) is 1.02. The van der Waals surface area contributed by atoms with Gasteiger partial charge in [-0.2, -0.15) is 0 Å². The molecule has 2 N–H and O–H groups in total. The third-order valence-corrected chi connectivity index (χ3v) is 4.03. The molecule has 0 aliphatic heterocycles. The summed E-state index contributed by atoms with van der Waals surface area (Å²) >= 11 is 0. The van der Waals surface area contributed by atoms with E-state index in [0.717, 1.165) is 5.56 Å². The lowest BCUT2D eigenvalue weighted by atomic mass is 9.98. The van der Waals surface area contributed by atoms with Crippen LogP contribution in [0.15, 0.2) is 48.5 Å². The van der Waals surface area contributed by atoms with Crippen LogP contribution in [0.2, 0.25) is 0 Å². The van der Waals surface area contributed by atoms with Crippen LogP contribution in [0.4, 0.5) is 5.69 Å². The summed E-state index contributed by atoms with van der Waals surface area (Å²) in [4.78, 5) is 23.1. The number of nitrogens with zero attached hydrogens (tertiary/aromatic N) is 1. The number of carbonyl (C=O) groups is 1. The van der Waals surface area contributed by atoms with Crippen molar-refractivity contribution in [2.75, 3.05) is 6.61 Å². The second kappa shape index (κ2) is 9.32. The first-order valence-corrected chi connectivity index (χ1v) is 9.06. The van der Waals surface area contributed by atoms with Crippen LogP contribution in [-0.2, 0) is 22.5 Å². The Morgan fingerprint density at radius 1 is 1.21 bits per heavy atom. The fourth-order valence-corrected chi connectivity index (χ4v) is 2.54. The minimum atomic E-state index is -0.650. The van der Waals surface area contributed by atoms with Crippen LogP contribution < -0.4 is 5.32 Å². The van der Waals surface area contributed by atoms with Gasteiger partial charge in [-0.05, 0) is 23.5 Å². The fourth-order valence-electron chi connectivity index (χ4n) is 2.54. The standard InChI is InChI=1S/C21H26N2O5/c1-21(2,3)14-28-20(25)18(11-15-7-5-4-6-8-15)22-13-16-12-17(23(26)27)9-10-19(16)24/h4-10,12,18,22,24H,11,13-14H2,1-3H3/t18-/m0/s1. The Balaban J connectivity index is 2.14. The Kier molecular flexibility index (Phi) is 7.12. The van der Waals surface area contributed by atoms with E-state index in [4.69, 9.17) is 4.74 Å². The van der Waals surface area contributed by atoms with E-state index < -0.39 is 16.9 Å². The van der Waals surface area contributed by atoms with E-state index in [-0.39, 0.29) is 30.0 Å². The topological polar surface area (TPSA) is 102 Å². The third kappa shape index (κ3) is 6.66. The van der Waals surface area contributed by atoms with Gasteiger partial charge in [0.25, 0.3) is 5.69 Å². The van der Waals surface area contributed by atoms with E-state index in [0.29, 0.717) is 12.0 Å². The van der Waals surface area contributed by atoms with Crippen molar-refractivity contribution < 1.29 is 19.6 Å². The molecule has 0 spiro atoms. The predicted molar refractivity (Wildman–Crippen MR) is 106 cm³/mol. The van der Waals surface area contributed by atoms with E-state index >= 15 is 0 Å². The van der Waals surface area contributed by atoms with Crippen LogP contribution in [0.3, 0.4) is 0 Å². The number of phenols is 1. The number of nitrogens with one attached hydrogen (secondary N) is 1. The summed E-state index contributed by atoms with van der Waals surface area (Å²) in [6.45, 7) is 6.29. The van der Waals surface area contributed by atoms with Crippen molar-refractivity contribution in [3.8, 4) is 5.75 Å². The van der Waals surface area contributed by atoms with Gasteiger partial charge in [0.15, 0.2) is 0 Å². The van der Waals surface area contributed by atoms with Gasteiger partial charge >= 0.3 is 5.97 Å². The Morgan fingerprint density at radius 2 is 1.89 bits per heavy atom. The summed E-state index contributed by atoms with van der Waals surface area (Å²) in [5.74, 6) is -0.469. The molecule has 28 heavy (non-hydrogen) atoms. The highest BCUT2D eigenvalue weighted by atomic mass is 16.6. The monoisotopic (exact) mass is 386 g/mol. The summed E-state index contributed by atoms with van der Waals surface area (Å²) in [5, 5.41) is 24.0. The van der Waals surface area contributed by atoms with Gasteiger partial charge in [-0.1, -0.05) is 51.1 Å². The SMILES string of the molecule is CC(C)(C)COC(=O)[C@H](Cc1ccccc1)NCc1cc([N+](=O)[O-])ccc1O. The van der Waals surface area contributed by atoms with Crippen molar-refractivity contribution in [3.63, 3.8) is 0 Å². The van der Waals surface area contributed by atoms with Crippen LogP contribution >= 0.6 is 0 Å². The number of aromatic hydroxyl groups is 1. The summed E-state index contributed by atoms with van der Waals surface area (Å²) in [7, 11) is 0. The van der Waals surface area contributed by atoms with Crippen LogP contribution in [0, 0.1) is 15.5 Å². The van der Waals surface area contributed by atoms with Gasteiger partial charge in [-0.15, -0.1) is 0 Å². The molecule has 7 heteroatoms. The molecule has 0 aliphatic rings. The molecule has 0 radical (unpaired) electrons. The quantitative estimate of drug-likeness (QED) is 0.408. The number of benzene rings is 2. The van der Waals surface area contributed by atoms with E-state index in [1.54, 1.807) is 0 Å². The average molecular weight is 386 g/mol. The first-order valence-electron chi connectivity index (χ1n) is 9.06. The Hall–Kier alpha value is -2.93. The van der Waals surface area contributed by atoms with Crippen LogP contribution in [0.5, 0.6) is 5.75 Å². The number of hydrogen-bond acceptors (Lipinski definition) is 6. The molecule has 2 aromatic rings. The summed E-state index contributed by atoms with van der Waals surface area (Å²) in [6, 6.07) is 12.7. The zero-order valence-electron chi connectivity index (χ0n) is 16.3. The predicted octanol–water partition coefficient (Wildman–Crippen LogP) is 3.59. The molecule has 0 aromatic heterocycles. The molecule has 2 aromatic carbocycles. The molecule has 0 fully saturated rings. The maximum Gasteiger partial charge on any atom is 0.323 e. The largest absolute Gasteiger partial charge is 0.508 e. The van der Waals surface area contributed by atoms with Crippen molar-refractivity contribution >= 4 is 11.7 Å². The van der Waals surface area contributed by atoms with Crippen LogP contribution in [-0.4, -0.2) is 28.6 Å². The van der Waals surface area contributed by atoms with Gasteiger partial charge in [-0.3, -0.25) is 20.2 Å². The lowest BCUT2D eigenvalue weighted by Crippen LogP contribution is -2.40. The molecule has 0 saturated carbocycles. The van der Waals surface area contributed by atoms with Crippen molar-refractivity contribution in [2.45, 2.75) is 39.8 Å². The molecule has 0 bridgehead atoms. The first kappa shape index (κ1) is 21.4. The van der Waals surface area contributed by atoms with Gasteiger partial charge in [0.2, 0.25) is 0 Å². The molecule has 0 unspecified atom stereocenters. The lowest BCUT2D eigenvalue weighted by molar-refractivity contribution is -0.384. The number of phenolic OH excluding ortho intramolecular Hbond substituents is 1. The van der Waals surface area contributed by atoms with Crippen molar-refractivity contribution in [1.82, 2.24) is 5.32 Å². The highest BCUT2D eigenvalue weighted by Gasteiger charge is 2.23. The van der Waals surface area contributed by atoms with Gasteiger partial charge < -0.3 is 9.84 Å². The highest BCUT2D eigenvalue weighted by molar-refractivity contribution is 5.76. The second-order valence-electron chi connectivity index (χ2n) is 7.86. The maximum absolute atomic E-state index is 12.6. The molecule has 0 heterocycles. The third-order valence-electron chi connectivity index (χ3n) is 4.03. The Labute approximate surface area is 164 Å². The molecule has 150 valence electrons. The van der Waals surface area contributed by atoms with Crippen molar-refractivity contribution in [2.24, 2.45) is 5.41 Å². The van der Waals surface area contributed by atoms with E-state index in [2.05, 4.69) is 5.32 Å². The molecular formula is C21H26N2O5. The van der Waals surface area contributed by atoms with E-state index in [1.165, 1.54) is 18.2 Å². The molecule has 2 rings (SSSR count). The zero-order chi connectivity index (χ0) is 20.7. The highest BCUT2D eigenvalue weighted by Crippen LogP contribution is 2.23. The fraction of sp³-hybridized carbons (Fsp3) is 0.381. The number of esters is 1. The van der Waals surface area contributed by atoms with Gasteiger partial charge in [-0.25, -0.2) is 0 Å². The minimum Gasteiger partial charge on any atom is -0.508 e. The Morgan fingerprint density at radius 3 is 2.50 bits per heavy atom. The number of nitro groups is 1. The second-order valence-corrected chi connectivity index (χ2v) is 7.86. The van der Waals surface area contributed by atoms with Crippen molar-refractivity contribution in [1.29, 1.82) is 0 Å². The number of carbonyl (C=O) groups excluding carboxylic acids is 1.